The van der Waals surface area contributed by atoms with E-state index in [0.717, 1.165) is 6.26 Å². The van der Waals surface area contributed by atoms with Gasteiger partial charge >= 0.3 is 6.18 Å². The number of hydrogen-bond donors (Lipinski definition) is 1. The lowest BCUT2D eigenvalue weighted by Crippen LogP contribution is -2.55. The third-order valence-corrected chi connectivity index (χ3v) is 4.44. The lowest BCUT2D eigenvalue weighted by Gasteiger charge is -2.36. The fourth-order valence-corrected chi connectivity index (χ4v) is 2.75. The maximum Gasteiger partial charge on any atom is 0.405 e. The van der Waals surface area contributed by atoms with Crippen LogP contribution in [0, 0.1) is 0 Å². The number of hydrogen-bond acceptors (Lipinski definition) is 4. The fourth-order valence-electron chi connectivity index (χ4n) is 1.92. The molecule has 1 amide bonds. The number of halogens is 3. The first-order valence-electron chi connectivity index (χ1n) is 6.04. The molecule has 1 saturated heterocycles. The Morgan fingerprint density at radius 3 is 2.15 bits per heavy atom. The van der Waals surface area contributed by atoms with Crippen LogP contribution in [0.25, 0.3) is 0 Å². The van der Waals surface area contributed by atoms with E-state index in [4.69, 9.17) is 0 Å². The van der Waals surface area contributed by atoms with Crippen LogP contribution in [0.5, 0.6) is 0 Å². The fraction of sp³-hybridized carbons (Fsp3) is 0.900. The van der Waals surface area contributed by atoms with Crippen molar-refractivity contribution in [3.05, 3.63) is 0 Å². The number of sulfonamides is 1. The molecule has 1 heterocycles. The van der Waals surface area contributed by atoms with Crippen molar-refractivity contribution in [2.24, 2.45) is 0 Å². The molecule has 10 heteroatoms. The second kappa shape index (κ2) is 6.27. The van der Waals surface area contributed by atoms with E-state index < -0.39 is 34.7 Å². The van der Waals surface area contributed by atoms with Gasteiger partial charge in [-0.1, -0.05) is 0 Å². The van der Waals surface area contributed by atoms with Crippen molar-refractivity contribution in [3.8, 4) is 0 Å². The quantitative estimate of drug-likeness (QED) is 0.768. The maximum absolute atomic E-state index is 12.0. The van der Waals surface area contributed by atoms with E-state index in [1.165, 1.54) is 11.2 Å². The predicted octanol–water partition coefficient (Wildman–Crippen LogP) is -0.369. The monoisotopic (exact) mass is 317 g/mol. The summed E-state index contributed by atoms with van der Waals surface area (Å²) in [5, 5.41) is 1.82. The van der Waals surface area contributed by atoms with Crippen molar-refractivity contribution in [1.29, 1.82) is 0 Å². The van der Waals surface area contributed by atoms with Crippen molar-refractivity contribution in [2.75, 3.05) is 39.0 Å². The normalized spacial score (nSPS) is 20.6. The molecule has 0 aromatic carbocycles. The molecule has 0 aromatic heterocycles. The van der Waals surface area contributed by atoms with Crippen LogP contribution in [0.1, 0.15) is 6.92 Å². The van der Waals surface area contributed by atoms with Crippen LogP contribution >= 0.6 is 0 Å². The molecule has 1 N–H and O–H groups in total. The summed E-state index contributed by atoms with van der Waals surface area (Å²) in [5.74, 6) is -0.713. The average molecular weight is 317 g/mol. The van der Waals surface area contributed by atoms with Crippen LogP contribution in [0.3, 0.4) is 0 Å². The van der Waals surface area contributed by atoms with Gasteiger partial charge in [-0.2, -0.15) is 17.5 Å². The van der Waals surface area contributed by atoms with E-state index >= 15 is 0 Å². The zero-order valence-electron chi connectivity index (χ0n) is 11.3. The van der Waals surface area contributed by atoms with E-state index in [2.05, 4.69) is 0 Å². The van der Waals surface area contributed by atoms with Gasteiger partial charge in [0, 0.05) is 26.2 Å². The lowest BCUT2D eigenvalue weighted by atomic mass is 10.2. The Labute approximate surface area is 116 Å². The molecule has 20 heavy (non-hydrogen) atoms. The molecule has 1 unspecified atom stereocenters. The average Bonchev–Trinajstić information content (AvgIpc) is 2.33. The maximum atomic E-state index is 12.0. The Hall–Kier alpha value is -0.870. The van der Waals surface area contributed by atoms with Crippen LogP contribution in [0.15, 0.2) is 0 Å². The Morgan fingerprint density at radius 1 is 1.25 bits per heavy atom. The Bertz CT molecular complexity index is 444. The number of amides is 1. The number of alkyl halides is 3. The molecule has 6 nitrogen and oxygen atoms in total. The summed E-state index contributed by atoms with van der Waals surface area (Å²) < 4.78 is 59.9. The van der Waals surface area contributed by atoms with Crippen molar-refractivity contribution in [1.82, 2.24) is 14.5 Å². The zero-order chi connectivity index (χ0) is 15.6. The second-order valence-corrected chi connectivity index (χ2v) is 6.69. The SMILES string of the molecule is CC(C(=O)NCC(F)(F)F)N1CCN(S(C)(=O)=O)CC1. The molecule has 118 valence electrons. The highest BCUT2D eigenvalue weighted by Crippen LogP contribution is 2.13. The van der Waals surface area contributed by atoms with E-state index in [0.29, 0.717) is 13.1 Å². The van der Waals surface area contributed by atoms with Gasteiger partial charge in [0.25, 0.3) is 0 Å². The van der Waals surface area contributed by atoms with Crippen molar-refractivity contribution < 1.29 is 26.4 Å². The predicted molar refractivity (Wildman–Crippen MR) is 66.5 cm³/mol. The van der Waals surface area contributed by atoms with Crippen LogP contribution < -0.4 is 5.32 Å². The Balaban J connectivity index is 2.46. The molecule has 0 spiro atoms. The molecule has 0 saturated carbocycles. The van der Waals surface area contributed by atoms with Gasteiger partial charge in [0.2, 0.25) is 15.9 Å². The Kier molecular flexibility index (Phi) is 5.39. The highest BCUT2D eigenvalue weighted by Gasteiger charge is 2.32. The smallest absolute Gasteiger partial charge is 0.346 e. The van der Waals surface area contributed by atoms with Crippen molar-refractivity contribution in [3.63, 3.8) is 0 Å². The molecular formula is C10H18F3N3O3S. The molecule has 1 fully saturated rings. The standard InChI is InChI=1S/C10H18F3N3O3S/c1-8(9(17)14-7-10(11,12)13)15-3-5-16(6-4-15)20(2,18)19/h8H,3-7H2,1-2H3,(H,14,17). The first-order chi connectivity index (χ1) is 9.00. The van der Waals surface area contributed by atoms with Crippen LogP contribution in [0.2, 0.25) is 0 Å². The van der Waals surface area contributed by atoms with E-state index in [9.17, 15) is 26.4 Å². The second-order valence-electron chi connectivity index (χ2n) is 4.71. The van der Waals surface area contributed by atoms with Crippen molar-refractivity contribution in [2.45, 2.75) is 19.1 Å². The van der Waals surface area contributed by atoms with Gasteiger partial charge in [-0.3, -0.25) is 9.69 Å². The minimum Gasteiger partial charge on any atom is -0.346 e. The van der Waals surface area contributed by atoms with Gasteiger partial charge < -0.3 is 5.32 Å². The third-order valence-electron chi connectivity index (χ3n) is 3.13. The first kappa shape index (κ1) is 17.2. The molecule has 0 aromatic rings. The van der Waals surface area contributed by atoms with E-state index in [-0.39, 0.29) is 13.1 Å². The number of piperazine rings is 1. The van der Waals surface area contributed by atoms with Crippen LogP contribution in [0.4, 0.5) is 13.2 Å². The first-order valence-corrected chi connectivity index (χ1v) is 7.89. The summed E-state index contributed by atoms with van der Waals surface area (Å²) >= 11 is 0. The molecule has 1 aliphatic rings. The lowest BCUT2D eigenvalue weighted by molar-refractivity contribution is -0.141. The molecular weight excluding hydrogens is 299 g/mol. The van der Waals surface area contributed by atoms with E-state index in [1.54, 1.807) is 4.90 Å². The summed E-state index contributed by atoms with van der Waals surface area (Å²) in [5.41, 5.74) is 0. The molecule has 0 aliphatic carbocycles. The summed E-state index contributed by atoms with van der Waals surface area (Å²) in [6, 6.07) is -0.723. The highest BCUT2D eigenvalue weighted by molar-refractivity contribution is 7.88. The van der Waals surface area contributed by atoms with Gasteiger partial charge in [-0.05, 0) is 6.92 Å². The minimum absolute atomic E-state index is 0.232. The van der Waals surface area contributed by atoms with Crippen molar-refractivity contribution >= 4 is 15.9 Å². The number of nitrogens with zero attached hydrogens (tertiary/aromatic N) is 2. The Morgan fingerprint density at radius 2 is 1.75 bits per heavy atom. The third kappa shape index (κ3) is 5.25. The van der Waals surface area contributed by atoms with Crippen LogP contribution in [-0.2, 0) is 14.8 Å². The van der Waals surface area contributed by atoms with Crippen LogP contribution in [-0.4, -0.2) is 74.7 Å². The summed E-state index contributed by atoms with van der Waals surface area (Å²) in [6.07, 6.45) is -3.34. The number of carbonyl (C=O) groups is 1. The summed E-state index contributed by atoms with van der Waals surface area (Å²) in [6.45, 7) is 1.23. The molecule has 0 bridgehead atoms. The minimum atomic E-state index is -4.44. The topological polar surface area (TPSA) is 69.7 Å². The van der Waals surface area contributed by atoms with Gasteiger partial charge in [0.1, 0.15) is 6.54 Å². The summed E-state index contributed by atoms with van der Waals surface area (Å²) in [7, 11) is -3.27. The van der Waals surface area contributed by atoms with Gasteiger partial charge in [0.15, 0.2) is 0 Å². The molecule has 1 rings (SSSR count). The number of nitrogens with one attached hydrogen (secondary N) is 1. The zero-order valence-corrected chi connectivity index (χ0v) is 12.1. The largest absolute Gasteiger partial charge is 0.405 e. The van der Waals surface area contributed by atoms with Gasteiger partial charge in [-0.15, -0.1) is 0 Å². The van der Waals surface area contributed by atoms with Gasteiger partial charge in [-0.25, -0.2) is 8.42 Å². The molecule has 0 radical (unpaired) electrons. The number of carbonyl (C=O) groups excluding carboxylic acids is 1. The summed E-state index contributed by atoms with van der Waals surface area (Å²) in [4.78, 5) is 13.2. The highest BCUT2D eigenvalue weighted by atomic mass is 32.2. The van der Waals surface area contributed by atoms with E-state index in [1.807, 2.05) is 5.32 Å². The molecule has 1 aliphatic heterocycles. The van der Waals surface area contributed by atoms with Gasteiger partial charge in [0.05, 0.1) is 12.3 Å². The molecule has 1 atom stereocenters. The number of rotatable bonds is 4.